The van der Waals surface area contributed by atoms with Crippen molar-refractivity contribution in [3.8, 4) is 5.75 Å². The van der Waals surface area contributed by atoms with Gasteiger partial charge in [-0.1, -0.05) is 6.08 Å². The molecule has 1 N–H and O–H groups in total. The zero-order valence-electron chi connectivity index (χ0n) is 6.73. The van der Waals surface area contributed by atoms with E-state index in [2.05, 4.69) is 4.98 Å². The highest BCUT2D eigenvalue weighted by atomic mass is 16.5. The van der Waals surface area contributed by atoms with E-state index < -0.39 is 5.97 Å². The predicted molar refractivity (Wildman–Crippen MR) is 45.7 cm³/mol. The third-order valence-corrected chi connectivity index (χ3v) is 1.75. The zero-order chi connectivity index (χ0) is 9.26. The number of hydrogen-bond acceptors (Lipinski definition) is 3. The van der Waals surface area contributed by atoms with Gasteiger partial charge in [0.1, 0.15) is 18.1 Å². The topological polar surface area (TPSA) is 59.4 Å². The summed E-state index contributed by atoms with van der Waals surface area (Å²) in [6.45, 7) is 0.515. The van der Waals surface area contributed by atoms with Gasteiger partial charge in [0, 0.05) is 5.56 Å². The lowest BCUT2D eigenvalue weighted by Gasteiger charge is -2.11. The molecule has 0 bridgehead atoms. The predicted octanol–water partition coefficient (Wildman–Crippen LogP) is 1.19. The van der Waals surface area contributed by atoms with Crippen molar-refractivity contribution in [1.29, 1.82) is 0 Å². The highest BCUT2D eigenvalue weighted by Gasteiger charge is 2.10. The third kappa shape index (κ3) is 1.38. The third-order valence-electron chi connectivity index (χ3n) is 1.75. The van der Waals surface area contributed by atoms with Gasteiger partial charge in [-0.15, -0.1) is 0 Å². The molecular formula is C9H7NO3. The molecule has 1 aromatic rings. The van der Waals surface area contributed by atoms with E-state index in [1.807, 2.05) is 12.2 Å². The first kappa shape index (κ1) is 7.79. The van der Waals surface area contributed by atoms with Gasteiger partial charge >= 0.3 is 5.97 Å². The Labute approximate surface area is 74.5 Å². The van der Waals surface area contributed by atoms with Crippen molar-refractivity contribution < 1.29 is 14.6 Å². The van der Waals surface area contributed by atoms with Crippen LogP contribution in [0.15, 0.2) is 18.3 Å². The standard InChI is InChI=1S/C9H7NO3/c11-9(12)7-4-6-2-1-3-13-8(6)5-10-7/h1-2,4-5H,3H2,(H,11,12). The average Bonchev–Trinajstić information content (AvgIpc) is 2.17. The van der Waals surface area contributed by atoms with E-state index in [0.29, 0.717) is 12.4 Å². The fourth-order valence-corrected chi connectivity index (χ4v) is 1.14. The minimum atomic E-state index is -1.03. The molecule has 0 aromatic carbocycles. The molecule has 0 saturated carbocycles. The lowest BCUT2D eigenvalue weighted by Crippen LogP contribution is -2.05. The Morgan fingerprint density at radius 2 is 2.46 bits per heavy atom. The Kier molecular flexibility index (Phi) is 1.73. The maximum atomic E-state index is 10.6. The van der Waals surface area contributed by atoms with Crippen molar-refractivity contribution >= 4 is 12.0 Å². The molecule has 1 aromatic heterocycles. The van der Waals surface area contributed by atoms with E-state index in [-0.39, 0.29) is 5.69 Å². The molecular weight excluding hydrogens is 170 g/mol. The minimum absolute atomic E-state index is 0.0360. The fourth-order valence-electron chi connectivity index (χ4n) is 1.14. The number of ether oxygens (including phenoxy) is 1. The van der Waals surface area contributed by atoms with E-state index in [4.69, 9.17) is 9.84 Å². The lowest BCUT2D eigenvalue weighted by molar-refractivity contribution is 0.0690. The molecule has 0 spiro atoms. The Morgan fingerprint density at radius 1 is 1.62 bits per heavy atom. The monoisotopic (exact) mass is 177 g/mol. The van der Waals surface area contributed by atoms with E-state index in [9.17, 15) is 4.79 Å². The molecule has 0 fully saturated rings. The largest absolute Gasteiger partial charge is 0.487 e. The first-order valence-corrected chi connectivity index (χ1v) is 3.80. The Morgan fingerprint density at radius 3 is 3.23 bits per heavy atom. The highest BCUT2D eigenvalue weighted by molar-refractivity contribution is 5.86. The van der Waals surface area contributed by atoms with Gasteiger partial charge in [0.05, 0.1) is 6.20 Å². The highest BCUT2D eigenvalue weighted by Crippen LogP contribution is 2.22. The SMILES string of the molecule is O=C(O)c1cc2c(cn1)OCC=C2. The molecule has 1 aliphatic rings. The molecule has 4 nitrogen and oxygen atoms in total. The van der Waals surface area contributed by atoms with Crippen LogP contribution in [0.4, 0.5) is 0 Å². The van der Waals surface area contributed by atoms with Crippen molar-refractivity contribution in [1.82, 2.24) is 4.98 Å². The van der Waals surface area contributed by atoms with Crippen LogP contribution in [0.2, 0.25) is 0 Å². The normalized spacial score (nSPS) is 13.2. The van der Waals surface area contributed by atoms with Gasteiger partial charge in [0.15, 0.2) is 0 Å². The van der Waals surface area contributed by atoms with E-state index in [1.165, 1.54) is 12.3 Å². The first-order chi connectivity index (χ1) is 6.27. The quantitative estimate of drug-likeness (QED) is 0.699. The summed E-state index contributed by atoms with van der Waals surface area (Å²) in [7, 11) is 0. The summed E-state index contributed by atoms with van der Waals surface area (Å²) in [6.07, 6.45) is 5.09. The first-order valence-electron chi connectivity index (χ1n) is 3.80. The van der Waals surface area contributed by atoms with E-state index in [1.54, 1.807) is 0 Å². The van der Waals surface area contributed by atoms with Crippen molar-refractivity contribution in [2.45, 2.75) is 0 Å². The minimum Gasteiger partial charge on any atom is -0.487 e. The summed E-state index contributed by atoms with van der Waals surface area (Å²) < 4.78 is 5.22. The summed E-state index contributed by atoms with van der Waals surface area (Å²) in [6, 6.07) is 1.49. The molecule has 0 amide bonds. The summed E-state index contributed by atoms with van der Waals surface area (Å²) >= 11 is 0. The second-order valence-corrected chi connectivity index (χ2v) is 2.63. The number of rotatable bonds is 1. The van der Waals surface area contributed by atoms with Gasteiger partial charge in [0.25, 0.3) is 0 Å². The lowest BCUT2D eigenvalue weighted by atomic mass is 10.1. The summed E-state index contributed by atoms with van der Waals surface area (Å²) in [4.78, 5) is 14.3. The number of carboxylic acids is 1. The van der Waals surface area contributed by atoms with Crippen LogP contribution < -0.4 is 4.74 Å². The number of nitrogens with zero attached hydrogens (tertiary/aromatic N) is 1. The molecule has 0 radical (unpaired) electrons. The van der Waals surface area contributed by atoms with Gasteiger partial charge in [-0.05, 0) is 12.1 Å². The molecule has 66 valence electrons. The second kappa shape index (κ2) is 2.90. The maximum absolute atomic E-state index is 10.6. The second-order valence-electron chi connectivity index (χ2n) is 2.63. The number of pyridine rings is 1. The van der Waals surface area contributed by atoms with Gasteiger partial charge in [0.2, 0.25) is 0 Å². The van der Waals surface area contributed by atoms with Gasteiger partial charge in [-0.3, -0.25) is 0 Å². The van der Waals surface area contributed by atoms with E-state index in [0.717, 1.165) is 5.56 Å². The maximum Gasteiger partial charge on any atom is 0.354 e. The number of aromatic carboxylic acids is 1. The van der Waals surface area contributed by atoms with Crippen LogP contribution in [0.3, 0.4) is 0 Å². The molecule has 2 heterocycles. The Hall–Kier alpha value is -1.84. The zero-order valence-corrected chi connectivity index (χ0v) is 6.73. The smallest absolute Gasteiger partial charge is 0.354 e. The molecule has 2 rings (SSSR count). The average molecular weight is 177 g/mol. The van der Waals surface area contributed by atoms with Crippen LogP contribution in [-0.2, 0) is 0 Å². The van der Waals surface area contributed by atoms with Crippen molar-refractivity contribution in [2.24, 2.45) is 0 Å². The molecule has 0 aliphatic carbocycles. The molecule has 1 aliphatic heterocycles. The van der Waals surface area contributed by atoms with Gasteiger partial charge < -0.3 is 9.84 Å². The van der Waals surface area contributed by atoms with Gasteiger partial charge in [-0.25, -0.2) is 9.78 Å². The van der Waals surface area contributed by atoms with Crippen molar-refractivity contribution in [3.63, 3.8) is 0 Å². The van der Waals surface area contributed by atoms with Crippen LogP contribution in [-0.4, -0.2) is 22.7 Å². The Bertz CT molecular complexity index is 384. The summed E-state index contributed by atoms with van der Waals surface area (Å²) in [5.41, 5.74) is 0.799. The Balaban J connectivity index is 2.48. The number of carboxylic acid groups (broad SMARTS) is 1. The van der Waals surface area contributed by atoms with Crippen LogP contribution in [0, 0.1) is 0 Å². The molecule has 0 atom stereocenters. The van der Waals surface area contributed by atoms with Crippen molar-refractivity contribution in [2.75, 3.05) is 6.61 Å². The molecule has 0 saturated heterocycles. The number of hydrogen-bond donors (Lipinski definition) is 1. The van der Waals surface area contributed by atoms with Gasteiger partial charge in [-0.2, -0.15) is 0 Å². The van der Waals surface area contributed by atoms with Crippen LogP contribution in [0.25, 0.3) is 6.08 Å². The molecule has 4 heteroatoms. The number of fused-ring (bicyclic) bond motifs is 1. The van der Waals surface area contributed by atoms with E-state index >= 15 is 0 Å². The van der Waals surface area contributed by atoms with Crippen LogP contribution in [0.5, 0.6) is 5.75 Å². The fraction of sp³-hybridized carbons (Fsp3) is 0.111. The van der Waals surface area contributed by atoms with Crippen molar-refractivity contribution in [3.05, 3.63) is 29.6 Å². The molecule has 0 unspecified atom stereocenters. The molecule has 13 heavy (non-hydrogen) atoms. The van der Waals surface area contributed by atoms with Crippen LogP contribution in [0.1, 0.15) is 16.1 Å². The number of aromatic nitrogens is 1. The summed E-state index contributed by atoms with van der Waals surface area (Å²) in [5, 5.41) is 8.66. The summed E-state index contributed by atoms with van der Waals surface area (Å²) in [5.74, 6) is -0.394. The number of carbonyl (C=O) groups is 1. The van der Waals surface area contributed by atoms with Crippen LogP contribution >= 0.6 is 0 Å².